The lowest BCUT2D eigenvalue weighted by molar-refractivity contribution is 0.0795. The molecule has 0 saturated heterocycles. The number of nitrogens with one attached hydrogen (secondary N) is 1. The molecular weight excluding hydrogens is 388 g/mol. The molecule has 0 fully saturated rings. The molecule has 2 heterocycles. The minimum Gasteiger partial charge on any atom is -0.351 e. The van der Waals surface area contributed by atoms with Gasteiger partial charge in [0.25, 0.3) is 11.8 Å². The van der Waals surface area contributed by atoms with Crippen LogP contribution >= 0.6 is 11.6 Å². The van der Waals surface area contributed by atoms with E-state index in [2.05, 4.69) is 15.1 Å². The highest BCUT2D eigenvalue weighted by Crippen LogP contribution is 2.25. The average molecular weight is 409 g/mol. The number of halogens is 1. The van der Waals surface area contributed by atoms with Crippen molar-refractivity contribution in [3.63, 3.8) is 0 Å². The van der Waals surface area contributed by atoms with Gasteiger partial charge < -0.3 is 14.4 Å². The van der Waals surface area contributed by atoms with Gasteiger partial charge in [-0.25, -0.2) is 0 Å². The molecular formula is C22H21ClN4O2. The van der Waals surface area contributed by atoms with Crippen LogP contribution in [0.1, 0.15) is 27.3 Å². The Labute approximate surface area is 173 Å². The van der Waals surface area contributed by atoms with Crippen LogP contribution in [0.3, 0.4) is 0 Å². The summed E-state index contributed by atoms with van der Waals surface area (Å²) in [6.45, 7) is 4.42. The van der Waals surface area contributed by atoms with Crippen molar-refractivity contribution in [1.29, 1.82) is 0 Å². The number of likely N-dealkylation sites (N-methyl/N-ethyl adjacent to an activating group) is 1. The van der Waals surface area contributed by atoms with Crippen LogP contribution in [0.4, 0.5) is 0 Å². The maximum absolute atomic E-state index is 12.7. The molecule has 2 aromatic carbocycles. The van der Waals surface area contributed by atoms with E-state index in [9.17, 15) is 4.79 Å². The molecule has 0 spiro atoms. The largest absolute Gasteiger partial charge is 0.351 e. The van der Waals surface area contributed by atoms with Gasteiger partial charge >= 0.3 is 0 Å². The number of benzene rings is 2. The Hall–Kier alpha value is -3.12. The molecule has 148 valence electrons. The summed E-state index contributed by atoms with van der Waals surface area (Å²) < 4.78 is 5.39. The Morgan fingerprint density at radius 3 is 2.83 bits per heavy atom. The van der Waals surface area contributed by atoms with Crippen LogP contribution in [0.5, 0.6) is 0 Å². The number of aryl methyl sites for hydroxylation is 2. The van der Waals surface area contributed by atoms with Gasteiger partial charge in [0.05, 0.1) is 0 Å². The number of carbonyl (C=O) groups is 1. The number of rotatable bonds is 5. The monoisotopic (exact) mass is 408 g/mol. The Morgan fingerprint density at radius 1 is 1.17 bits per heavy atom. The molecule has 0 atom stereocenters. The zero-order chi connectivity index (χ0) is 20.5. The van der Waals surface area contributed by atoms with E-state index in [-0.39, 0.29) is 5.91 Å². The van der Waals surface area contributed by atoms with Crippen LogP contribution in [-0.4, -0.2) is 39.5 Å². The van der Waals surface area contributed by atoms with Gasteiger partial charge in [-0.3, -0.25) is 4.79 Å². The number of H-pyrrole nitrogens is 1. The quantitative estimate of drug-likeness (QED) is 0.514. The van der Waals surface area contributed by atoms with Crippen molar-refractivity contribution in [1.82, 2.24) is 20.0 Å². The summed E-state index contributed by atoms with van der Waals surface area (Å²) in [6.07, 6.45) is 0.503. The van der Waals surface area contributed by atoms with E-state index in [4.69, 9.17) is 16.1 Å². The molecule has 1 amide bonds. The second-order valence-electron chi connectivity index (χ2n) is 7.23. The molecule has 0 radical (unpaired) electrons. The van der Waals surface area contributed by atoms with Crippen LogP contribution in [-0.2, 0) is 6.42 Å². The highest BCUT2D eigenvalue weighted by molar-refractivity contribution is 6.31. The van der Waals surface area contributed by atoms with E-state index >= 15 is 0 Å². The lowest BCUT2D eigenvalue weighted by Crippen LogP contribution is -2.29. The van der Waals surface area contributed by atoms with E-state index in [1.807, 2.05) is 56.3 Å². The average Bonchev–Trinajstić information content (AvgIpc) is 3.33. The summed E-state index contributed by atoms with van der Waals surface area (Å²) >= 11 is 6.04. The van der Waals surface area contributed by atoms with Crippen LogP contribution in [0.25, 0.3) is 22.5 Å². The number of hydrogen-bond acceptors (Lipinski definition) is 4. The van der Waals surface area contributed by atoms with Crippen LogP contribution < -0.4 is 0 Å². The lowest BCUT2D eigenvalue weighted by atomic mass is 10.0. The molecule has 0 aliphatic rings. The Balaban J connectivity index is 1.44. The maximum Gasteiger partial charge on any atom is 0.274 e. The number of amides is 1. The summed E-state index contributed by atoms with van der Waals surface area (Å²) in [5, 5.41) is 5.70. The van der Waals surface area contributed by atoms with Crippen molar-refractivity contribution in [2.45, 2.75) is 20.3 Å². The summed E-state index contributed by atoms with van der Waals surface area (Å²) in [7, 11) is 1.78. The fourth-order valence-electron chi connectivity index (χ4n) is 3.22. The first kappa shape index (κ1) is 19.2. The summed E-state index contributed by atoms with van der Waals surface area (Å²) in [5.74, 6) is 0.954. The van der Waals surface area contributed by atoms with E-state index in [0.29, 0.717) is 29.7 Å². The van der Waals surface area contributed by atoms with E-state index in [0.717, 1.165) is 33.3 Å². The number of hydrogen-bond donors (Lipinski definition) is 1. The smallest absolute Gasteiger partial charge is 0.274 e. The third-order valence-corrected chi connectivity index (χ3v) is 5.16. The fourth-order valence-corrected chi connectivity index (χ4v) is 3.41. The van der Waals surface area contributed by atoms with Crippen LogP contribution in [0.2, 0.25) is 5.02 Å². The molecule has 1 N–H and O–H groups in total. The predicted octanol–water partition coefficient (Wildman–Crippen LogP) is 4.80. The summed E-state index contributed by atoms with van der Waals surface area (Å²) in [5.41, 5.74) is 4.44. The molecule has 0 unspecified atom stereocenters. The first-order valence-electron chi connectivity index (χ1n) is 9.34. The molecule has 7 heteroatoms. The molecule has 0 aliphatic heterocycles. The lowest BCUT2D eigenvalue weighted by Gasteiger charge is -2.17. The highest BCUT2D eigenvalue weighted by Gasteiger charge is 2.16. The van der Waals surface area contributed by atoms with Gasteiger partial charge in [-0.05, 0) is 49.7 Å². The number of aromatic amines is 1. The summed E-state index contributed by atoms with van der Waals surface area (Å²) in [4.78, 5) is 22.1. The van der Waals surface area contributed by atoms with Gasteiger partial charge in [0.1, 0.15) is 5.69 Å². The van der Waals surface area contributed by atoms with Gasteiger partial charge in [0.15, 0.2) is 5.82 Å². The molecule has 0 bridgehead atoms. The third-order valence-electron chi connectivity index (χ3n) is 4.92. The Kier molecular flexibility index (Phi) is 5.11. The van der Waals surface area contributed by atoms with E-state index in [1.54, 1.807) is 11.9 Å². The van der Waals surface area contributed by atoms with Crippen molar-refractivity contribution < 1.29 is 9.32 Å². The topological polar surface area (TPSA) is 75.0 Å². The minimum atomic E-state index is -0.0117. The molecule has 4 aromatic rings. The normalized spacial score (nSPS) is 11.2. The molecule has 4 rings (SSSR count). The van der Waals surface area contributed by atoms with E-state index in [1.165, 1.54) is 0 Å². The van der Waals surface area contributed by atoms with Crippen molar-refractivity contribution in [2.24, 2.45) is 0 Å². The highest BCUT2D eigenvalue weighted by atomic mass is 35.5. The Bertz CT molecular complexity index is 1190. The molecule has 29 heavy (non-hydrogen) atoms. The van der Waals surface area contributed by atoms with E-state index < -0.39 is 0 Å². The molecule has 2 aromatic heterocycles. The fraction of sp³-hybridized carbons (Fsp3) is 0.227. The Morgan fingerprint density at radius 2 is 2.00 bits per heavy atom. The van der Waals surface area contributed by atoms with Gasteiger partial charge in [0, 0.05) is 41.5 Å². The van der Waals surface area contributed by atoms with Crippen LogP contribution in [0.15, 0.2) is 47.0 Å². The van der Waals surface area contributed by atoms with Crippen molar-refractivity contribution >= 4 is 28.4 Å². The van der Waals surface area contributed by atoms with Crippen molar-refractivity contribution in [2.75, 3.05) is 13.6 Å². The number of nitrogens with zero attached hydrogens (tertiary/aromatic N) is 3. The zero-order valence-electron chi connectivity index (χ0n) is 16.5. The number of carbonyl (C=O) groups excluding carboxylic acids is 1. The summed E-state index contributed by atoms with van der Waals surface area (Å²) in [6, 6.07) is 13.4. The van der Waals surface area contributed by atoms with Crippen molar-refractivity contribution in [3.8, 4) is 11.6 Å². The third kappa shape index (κ3) is 4.03. The molecule has 6 nitrogen and oxygen atoms in total. The second-order valence-corrected chi connectivity index (χ2v) is 7.66. The number of aromatic nitrogens is 3. The van der Waals surface area contributed by atoms with Crippen LogP contribution in [0, 0.1) is 13.8 Å². The SMILES string of the molecule is Cc1ccc(C)c(C(=O)N(C)CCc2noc(-c3cc4cc(Cl)ccc4[nH]3)n2)c1. The predicted molar refractivity (Wildman–Crippen MR) is 113 cm³/mol. The van der Waals surface area contributed by atoms with Gasteiger partial charge in [-0.15, -0.1) is 0 Å². The number of fused-ring (bicyclic) bond motifs is 1. The van der Waals surface area contributed by atoms with Gasteiger partial charge in [-0.1, -0.05) is 34.5 Å². The van der Waals surface area contributed by atoms with Gasteiger partial charge in [0.2, 0.25) is 0 Å². The van der Waals surface area contributed by atoms with Crippen molar-refractivity contribution in [3.05, 3.63) is 70.0 Å². The maximum atomic E-state index is 12.7. The first-order chi connectivity index (χ1) is 13.9. The minimum absolute atomic E-state index is 0.0117. The molecule has 0 aliphatic carbocycles. The van der Waals surface area contributed by atoms with Gasteiger partial charge in [-0.2, -0.15) is 4.98 Å². The molecule has 0 saturated carbocycles. The zero-order valence-corrected chi connectivity index (χ0v) is 17.2. The first-order valence-corrected chi connectivity index (χ1v) is 9.72. The second kappa shape index (κ2) is 7.72. The standard InChI is InChI=1S/C22H21ClN4O2/c1-13-4-5-14(2)17(10-13)22(28)27(3)9-8-20-25-21(29-26-20)19-12-15-11-16(23)6-7-18(15)24-19/h4-7,10-12,24H,8-9H2,1-3H3.